The fourth-order valence-corrected chi connectivity index (χ4v) is 5.24. The van der Waals surface area contributed by atoms with Crippen molar-refractivity contribution in [2.45, 2.75) is 70.4 Å². The fraction of sp³-hybridized carbons (Fsp3) is 0.652. The van der Waals surface area contributed by atoms with Crippen LogP contribution in [-0.2, 0) is 9.59 Å². The summed E-state index contributed by atoms with van der Waals surface area (Å²) in [5, 5.41) is 3.98. The molecule has 152 valence electrons. The van der Waals surface area contributed by atoms with E-state index in [1.165, 1.54) is 31.2 Å². The molecule has 2 saturated carbocycles. The standard InChI is InChI=1S/C23H31ClN2O2/c1-14(2)11-21-22(27)25-20(16-5-3-4-6-16)13-26(21)23(28)19-12-18(19)15-7-9-17(24)10-8-15/h7-10,14,16,18-21H,3-6,11-13H2,1-2H3,(H,25,27)/t18-,19+,20+,21-/m0/s1. The predicted molar refractivity (Wildman–Crippen MR) is 111 cm³/mol. The number of nitrogens with zero attached hydrogens (tertiary/aromatic N) is 1. The van der Waals surface area contributed by atoms with Crippen molar-refractivity contribution in [2.75, 3.05) is 6.54 Å². The van der Waals surface area contributed by atoms with Gasteiger partial charge in [0.25, 0.3) is 0 Å². The molecule has 3 fully saturated rings. The first-order valence-electron chi connectivity index (χ1n) is 10.8. The first kappa shape index (κ1) is 19.8. The summed E-state index contributed by atoms with van der Waals surface area (Å²) in [6.07, 6.45) is 6.41. The van der Waals surface area contributed by atoms with Crippen LogP contribution in [0.15, 0.2) is 24.3 Å². The highest BCUT2D eigenvalue weighted by Crippen LogP contribution is 2.49. The number of benzene rings is 1. The zero-order valence-corrected chi connectivity index (χ0v) is 17.6. The van der Waals surface area contributed by atoms with Gasteiger partial charge in [-0.3, -0.25) is 9.59 Å². The molecule has 0 spiro atoms. The number of amides is 2. The van der Waals surface area contributed by atoms with Gasteiger partial charge in [0.2, 0.25) is 11.8 Å². The molecule has 0 unspecified atom stereocenters. The summed E-state index contributed by atoms with van der Waals surface area (Å²) in [5.41, 5.74) is 1.18. The first-order valence-corrected chi connectivity index (χ1v) is 11.2. The van der Waals surface area contributed by atoms with Crippen molar-refractivity contribution in [1.82, 2.24) is 10.2 Å². The van der Waals surface area contributed by atoms with Gasteiger partial charge in [0.15, 0.2) is 0 Å². The number of halogens is 1. The number of carbonyl (C=O) groups is 2. The average molecular weight is 403 g/mol. The van der Waals surface area contributed by atoms with E-state index < -0.39 is 0 Å². The molecule has 1 aliphatic heterocycles. The fourth-order valence-electron chi connectivity index (χ4n) is 5.12. The van der Waals surface area contributed by atoms with Gasteiger partial charge in [-0.15, -0.1) is 0 Å². The van der Waals surface area contributed by atoms with Crippen LogP contribution in [0.5, 0.6) is 0 Å². The lowest BCUT2D eigenvalue weighted by molar-refractivity contribution is -0.147. The molecule has 4 nitrogen and oxygen atoms in total. The number of nitrogens with one attached hydrogen (secondary N) is 1. The zero-order valence-electron chi connectivity index (χ0n) is 16.9. The van der Waals surface area contributed by atoms with Gasteiger partial charge >= 0.3 is 0 Å². The van der Waals surface area contributed by atoms with E-state index in [2.05, 4.69) is 19.2 Å². The molecule has 5 heteroatoms. The van der Waals surface area contributed by atoms with Gasteiger partial charge in [-0.05, 0) is 61.1 Å². The highest BCUT2D eigenvalue weighted by Gasteiger charge is 2.50. The Morgan fingerprint density at radius 3 is 2.54 bits per heavy atom. The van der Waals surface area contributed by atoms with Crippen molar-refractivity contribution in [3.8, 4) is 0 Å². The molecule has 1 saturated heterocycles. The summed E-state index contributed by atoms with van der Waals surface area (Å²) in [4.78, 5) is 28.3. The van der Waals surface area contributed by atoms with Gasteiger partial charge in [-0.1, -0.05) is 50.4 Å². The quantitative estimate of drug-likeness (QED) is 0.794. The molecule has 4 rings (SSSR count). The minimum Gasteiger partial charge on any atom is -0.350 e. The van der Waals surface area contributed by atoms with Crippen LogP contribution in [0.3, 0.4) is 0 Å². The Morgan fingerprint density at radius 2 is 1.89 bits per heavy atom. The smallest absolute Gasteiger partial charge is 0.243 e. The summed E-state index contributed by atoms with van der Waals surface area (Å²) in [6.45, 7) is 4.91. The molecule has 28 heavy (non-hydrogen) atoms. The van der Waals surface area contributed by atoms with E-state index in [0.29, 0.717) is 18.4 Å². The number of piperazine rings is 1. The normalized spacial score (nSPS) is 30.6. The first-order chi connectivity index (χ1) is 13.4. The topological polar surface area (TPSA) is 49.4 Å². The molecule has 1 N–H and O–H groups in total. The summed E-state index contributed by atoms with van der Waals surface area (Å²) in [6, 6.07) is 7.63. The third kappa shape index (κ3) is 4.07. The summed E-state index contributed by atoms with van der Waals surface area (Å²) < 4.78 is 0. The molecule has 1 aromatic carbocycles. The van der Waals surface area contributed by atoms with E-state index in [9.17, 15) is 9.59 Å². The highest BCUT2D eigenvalue weighted by molar-refractivity contribution is 6.30. The minimum atomic E-state index is -0.323. The molecular weight excluding hydrogens is 372 g/mol. The molecule has 2 aliphatic carbocycles. The maximum absolute atomic E-state index is 13.4. The number of hydrogen-bond acceptors (Lipinski definition) is 2. The lowest BCUT2D eigenvalue weighted by atomic mass is 9.91. The third-order valence-electron chi connectivity index (χ3n) is 6.75. The second kappa shape index (κ2) is 8.06. The average Bonchev–Trinajstić information content (AvgIpc) is 3.26. The van der Waals surface area contributed by atoms with Crippen molar-refractivity contribution >= 4 is 23.4 Å². The predicted octanol–water partition coefficient (Wildman–Crippen LogP) is 4.38. The van der Waals surface area contributed by atoms with E-state index in [1.54, 1.807) is 0 Å². The number of hydrogen-bond donors (Lipinski definition) is 1. The van der Waals surface area contributed by atoms with Crippen molar-refractivity contribution in [3.63, 3.8) is 0 Å². The Balaban J connectivity index is 1.50. The van der Waals surface area contributed by atoms with Crippen LogP contribution in [0, 0.1) is 17.8 Å². The summed E-state index contributed by atoms with van der Waals surface area (Å²) in [5.74, 6) is 1.38. The van der Waals surface area contributed by atoms with Gasteiger partial charge in [-0.25, -0.2) is 0 Å². The zero-order chi connectivity index (χ0) is 19.8. The van der Waals surface area contributed by atoms with Gasteiger partial charge in [-0.2, -0.15) is 0 Å². The Kier molecular flexibility index (Phi) is 5.69. The number of carbonyl (C=O) groups excluding carboxylic acids is 2. The maximum atomic E-state index is 13.4. The van der Waals surface area contributed by atoms with Crippen LogP contribution in [0.25, 0.3) is 0 Å². The third-order valence-corrected chi connectivity index (χ3v) is 7.00. The largest absolute Gasteiger partial charge is 0.350 e. The van der Waals surface area contributed by atoms with E-state index in [-0.39, 0.29) is 35.7 Å². The molecule has 0 radical (unpaired) electrons. The van der Waals surface area contributed by atoms with Gasteiger partial charge in [0.1, 0.15) is 6.04 Å². The van der Waals surface area contributed by atoms with Crippen molar-refractivity contribution in [1.29, 1.82) is 0 Å². The van der Waals surface area contributed by atoms with E-state index in [1.807, 2.05) is 29.2 Å². The Morgan fingerprint density at radius 1 is 1.21 bits per heavy atom. The van der Waals surface area contributed by atoms with Crippen molar-refractivity contribution in [2.24, 2.45) is 17.8 Å². The Labute approximate surface area is 173 Å². The number of rotatable bonds is 5. The molecule has 3 aliphatic rings. The van der Waals surface area contributed by atoms with Crippen molar-refractivity contribution < 1.29 is 9.59 Å². The van der Waals surface area contributed by atoms with E-state index >= 15 is 0 Å². The van der Waals surface area contributed by atoms with Crippen LogP contribution in [0.1, 0.15) is 63.9 Å². The monoisotopic (exact) mass is 402 g/mol. The van der Waals surface area contributed by atoms with Crippen LogP contribution in [-0.4, -0.2) is 35.3 Å². The Bertz CT molecular complexity index is 727. The summed E-state index contributed by atoms with van der Waals surface area (Å²) in [7, 11) is 0. The summed E-state index contributed by atoms with van der Waals surface area (Å²) >= 11 is 6.00. The van der Waals surface area contributed by atoms with Gasteiger partial charge in [0, 0.05) is 23.5 Å². The van der Waals surface area contributed by atoms with Gasteiger partial charge < -0.3 is 10.2 Å². The maximum Gasteiger partial charge on any atom is 0.243 e. The lowest BCUT2D eigenvalue weighted by Gasteiger charge is -2.42. The van der Waals surface area contributed by atoms with Crippen LogP contribution >= 0.6 is 11.6 Å². The molecule has 2 amide bonds. The van der Waals surface area contributed by atoms with Gasteiger partial charge in [0.05, 0.1) is 0 Å². The molecule has 1 aromatic rings. The highest BCUT2D eigenvalue weighted by atomic mass is 35.5. The molecule has 0 bridgehead atoms. The second-order valence-electron chi connectivity index (χ2n) is 9.30. The minimum absolute atomic E-state index is 0.00552. The van der Waals surface area contributed by atoms with Crippen LogP contribution in [0.2, 0.25) is 5.02 Å². The van der Waals surface area contributed by atoms with Crippen LogP contribution in [0.4, 0.5) is 0 Å². The Hall–Kier alpha value is -1.55. The van der Waals surface area contributed by atoms with E-state index in [4.69, 9.17) is 11.6 Å². The van der Waals surface area contributed by atoms with Crippen molar-refractivity contribution in [3.05, 3.63) is 34.9 Å². The SMILES string of the molecule is CC(C)C[C@H]1C(=O)N[C@@H](C2CCCC2)CN1C(=O)[C@@H]1C[C@H]1c1ccc(Cl)cc1. The molecule has 1 heterocycles. The second-order valence-corrected chi connectivity index (χ2v) is 9.73. The van der Waals surface area contributed by atoms with Crippen LogP contribution < -0.4 is 5.32 Å². The molecular formula is C23H31ClN2O2. The molecule has 4 atom stereocenters. The van der Waals surface area contributed by atoms with E-state index in [0.717, 1.165) is 17.9 Å². The lowest BCUT2D eigenvalue weighted by Crippen LogP contribution is -2.63. The molecule has 0 aromatic heterocycles.